The summed E-state index contributed by atoms with van der Waals surface area (Å²) in [5, 5.41) is 3.43. The first-order valence-electron chi connectivity index (χ1n) is 6.34. The van der Waals surface area contributed by atoms with Crippen LogP contribution in [0.2, 0.25) is 0 Å². The first kappa shape index (κ1) is 13.2. The predicted molar refractivity (Wildman–Crippen MR) is 72.0 cm³/mol. The van der Waals surface area contributed by atoms with Crippen molar-refractivity contribution < 1.29 is 0 Å². The van der Waals surface area contributed by atoms with E-state index in [1.54, 1.807) is 0 Å². The zero-order valence-electron chi connectivity index (χ0n) is 11.1. The minimum Gasteiger partial charge on any atom is -0.316 e. The molecule has 1 rings (SSSR count). The fourth-order valence-corrected chi connectivity index (χ4v) is 1.71. The Labute approximate surface area is 100 Å². The molecular formula is C15H25N. The van der Waals surface area contributed by atoms with Crippen LogP contribution in [0.4, 0.5) is 0 Å². The Hall–Kier alpha value is -0.820. The van der Waals surface area contributed by atoms with E-state index in [4.69, 9.17) is 0 Å². The maximum absolute atomic E-state index is 3.43. The van der Waals surface area contributed by atoms with Crippen LogP contribution in [0.3, 0.4) is 0 Å². The molecule has 0 aliphatic rings. The fraction of sp³-hybridized carbons (Fsp3) is 0.600. The van der Waals surface area contributed by atoms with Gasteiger partial charge in [-0.1, -0.05) is 52.0 Å². The lowest BCUT2D eigenvalue weighted by atomic mass is 9.86. The molecule has 0 aromatic heterocycles. The lowest BCUT2D eigenvalue weighted by Crippen LogP contribution is -2.18. The molecular weight excluding hydrogens is 194 g/mol. The average Bonchev–Trinajstić information content (AvgIpc) is 2.24. The van der Waals surface area contributed by atoms with Gasteiger partial charge in [0.2, 0.25) is 0 Å². The van der Waals surface area contributed by atoms with E-state index >= 15 is 0 Å². The van der Waals surface area contributed by atoms with Gasteiger partial charge in [0.25, 0.3) is 0 Å². The lowest BCUT2D eigenvalue weighted by Gasteiger charge is -2.19. The number of hydrogen-bond donors (Lipinski definition) is 1. The number of benzene rings is 1. The van der Waals surface area contributed by atoms with E-state index in [9.17, 15) is 0 Å². The Morgan fingerprint density at radius 2 is 1.62 bits per heavy atom. The predicted octanol–water partition coefficient (Wildman–Crippen LogP) is 3.53. The Morgan fingerprint density at radius 1 is 1.00 bits per heavy atom. The van der Waals surface area contributed by atoms with Gasteiger partial charge in [0.1, 0.15) is 0 Å². The maximum Gasteiger partial charge on any atom is -0.000835 e. The highest BCUT2D eigenvalue weighted by molar-refractivity contribution is 5.27. The van der Waals surface area contributed by atoms with Gasteiger partial charge in [-0.05, 0) is 42.5 Å². The van der Waals surface area contributed by atoms with Gasteiger partial charge in [-0.2, -0.15) is 0 Å². The lowest BCUT2D eigenvalue weighted by molar-refractivity contribution is 0.589. The third-order valence-corrected chi connectivity index (χ3v) is 2.84. The summed E-state index contributed by atoms with van der Waals surface area (Å²) in [6.07, 6.45) is 2.34. The summed E-state index contributed by atoms with van der Waals surface area (Å²) in [5.74, 6) is 0. The molecule has 0 bridgehead atoms. The second kappa shape index (κ2) is 6.05. The highest BCUT2D eigenvalue weighted by atomic mass is 14.8. The van der Waals surface area contributed by atoms with Gasteiger partial charge in [0.15, 0.2) is 0 Å². The zero-order chi connectivity index (χ0) is 12.0. The van der Waals surface area contributed by atoms with Crippen LogP contribution in [0.15, 0.2) is 24.3 Å². The van der Waals surface area contributed by atoms with Crippen molar-refractivity contribution in [1.82, 2.24) is 5.32 Å². The summed E-state index contributed by atoms with van der Waals surface area (Å²) in [5.41, 5.74) is 3.10. The maximum atomic E-state index is 3.43. The van der Waals surface area contributed by atoms with Crippen LogP contribution in [0.5, 0.6) is 0 Å². The first-order valence-corrected chi connectivity index (χ1v) is 6.34. The molecule has 0 atom stereocenters. The highest BCUT2D eigenvalue weighted by Gasteiger charge is 2.12. The third-order valence-electron chi connectivity index (χ3n) is 2.84. The molecule has 1 nitrogen and oxygen atoms in total. The summed E-state index contributed by atoms with van der Waals surface area (Å²) in [6.45, 7) is 11.2. The van der Waals surface area contributed by atoms with E-state index < -0.39 is 0 Å². The van der Waals surface area contributed by atoms with Crippen molar-refractivity contribution in [1.29, 1.82) is 0 Å². The minimum absolute atomic E-state index is 0.263. The van der Waals surface area contributed by atoms with E-state index in [0.29, 0.717) is 0 Å². The van der Waals surface area contributed by atoms with Crippen molar-refractivity contribution in [2.45, 2.75) is 46.0 Å². The molecule has 90 valence electrons. The molecule has 16 heavy (non-hydrogen) atoms. The van der Waals surface area contributed by atoms with E-state index in [1.807, 2.05) is 0 Å². The van der Waals surface area contributed by atoms with Gasteiger partial charge in [-0.3, -0.25) is 0 Å². The highest BCUT2D eigenvalue weighted by Crippen LogP contribution is 2.22. The van der Waals surface area contributed by atoms with Gasteiger partial charge < -0.3 is 5.32 Å². The third kappa shape index (κ3) is 4.36. The summed E-state index contributed by atoms with van der Waals surface area (Å²) in [7, 11) is 0. The minimum atomic E-state index is 0.263. The van der Waals surface area contributed by atoms with E-state index in [2.05, 4.69) is 57.3 Å². The van der Waals surface area contributed by atoms with Gasteiger partial charge in [0.05, 0.1) is 0 Å². The zero-order valence-corrected chi connectivity index (χ0v) is 11.1. The molecule has 0 aliphatic heterocycles. The smallest absolute Gasteiger partial charge is 0.000835 e. The Kier molecular flexibility index (Phi) is 5.01. The fourth-order valence-electron chi connectivity index (χ4n) is 1.71. The van der Waals surface area contributed by atoms with Crippen molar-refractivity contribution >= 4 is 0 Å². The quantitative estimate of drug-likeness (QED) is 0.747. The van der Waals surface area contributed by atoms with Crippen LogP contribution >= 0.6 is 0 Å². The molecule has 1 aromatic carbocycles. The molecule has 1 N–H and O–H groups in total. The topological polar surface area (TPSA) is 12.0 Å². The molecule has 0 amide bonds. The Bertz CT molecular complexity index is 292. The molecule has 1 heteroatoms. The van der Waals surface area contributed by atoms with Crippen molar-refractivity contribution in [2.75, 3.05) is 13.1 Å². The first-order chi connectivity index (χ1) is 7.54. The molecule has 0 radical (unpaired) electrons. The van der Waals surface area contributed by atoms with Crippen LogP contribution in [0.1, 0.15) is 45.2 Å². The Balaban J connectivity index is 2.46. The van der Waals surface area contributed by atoms with E-state index in [-0.39, 0.29) is 5.41 Å². The second-order valence-corrected chi connectivity index (χ2v) is 5.45. The van der Waals surface area contributed by atoms with Crippen molar-refractivity contribution in [3.63, 3.8) is 0 Å². The Morgan fingerprint density at radius 3 is 2.12 bits per heavy atom. The molecule has 0 saturated heterocycles. The monoisotopic (exact) mass is 219 g/mol. The number of nitrogens with one attached hydrogen (secondary N) is 1. The molecule has 1 aromatic rings. The van der Waals surface area contributed by atoms with Gasteiger partial charge >= 0.3 is 0 Å². The molecule has 0 heterocycles. The van der Waals surface area contributed by atoms with Crippen LogP contribution in [0.25, 0.3) is 0 Å². The van der Waals surface area contributed by atoms with E-state index in [0.717, 1.165) is 19.5 Å². The summed E-state index contributed by atoms with van der Waals surface area (Å²) < 4.78 is 0. The van der Waals surface area contributed by atoms with Crippen LogP contribution in [-0.2, 0) is 11.8 Å². The number of hydrogen-bond acceptors (Lipinski definition) is 1. The molecule has 0 spiro atoms. The van der Waals surface area contributed by atoms with Crippen LogP contribution < -0.4 is 5.32 Å². The van der Waals surface area contributed by atoms with Crippen molar-refractivity contribution in [3.8, 4) is 0 Å². The SMILES string of the molecule is CCCNCCc1ccc(C(C)(C)C)cc1. The molecule has 0 unspecified atom stereocenters. The van der Waals surface area contributed by atoms with Crippen molar-refractivity contribution in [3.05, 3.63) is 35.4 Å². The van der Waals surface area contributed by atoms with Gasteiger partial charge in [-0.15, -0.1) is 0 Å². The normalized spacial score (nSPS) is 11.8. The number of rotatable bonds is 5. The molecule has 0 aliphatic carbocycles. The molecule has 0 saturated carbocycles. The second-order valence-electron chi connectivity index (χ2n) is 5.45. The standard InChI is InChI=1S/C15H25N/c1-5-11-16-12-10-13-6-8-14(9-7-13)15(2,3)4/h6-9,16H,5,10-12H2,1-4H3. The summed E-state index contributed by atoms with van der Waals surface area (Å²) >= 11 is 0. The largest absolute Gasteiger partial charge is 0.316 e. The average molecular weight is 219 g/mol. The van der Waals surface area contributed by atoms with Crippen LogP contribution in [-0.4, -0.2) is 13.1 Å². The van der Waals surface area contributed by atoms with Crippen molar-refractivity contribution in [2.24, 2.45) is 0 Å². The van der Waals surface area contributed by atoms with Gasteiger partial charge in [0, 0.05) is 0 Å². The molecule has 0 fully saturated rings. The van der Waals surface area contributed by atoms with E-state index in [1.165, 1.54) is 17.5 Å². The summed E-state index contributed by atoms with van der Waals surface area (Å²) in [6, 6.07) is 9.03. The van der Waals surface area contributed by atoms with Gasteiger partial charge in [-0.25, -0.2) is 0 Å². The summed E-state index contributed by atoms with van der Waals surface area (Å²) in [4.78, 5) is 0. The van der Waals surface area contributed by atoms with Crippen LogP contribution in [0, 0.1) is 0 Å².